The number of hydrogen-bond acceptors (Lipinski definition) is 8. The predicted octanol–water partition coefficient (Wildman–Crippen LogP) is 1.07. The van der Waals surface area contributed by atoms with E-state index < -0.39 is 0 Å². The van der Waals surface area contributed by atoms with Gasteiger partial charge in [0.25, 0.3) is 0 Å². The van der Waals surface area contributed by atoms with Crippen molar-refractivity contribution < 1.29 is 14.3 Å². The molecule has 0 spiro atoms. The molecule has 1 aromatic heterocycles. The molecular formula is C17H20N6O3. The van der Waals surface area contributed by atoms with Crippen LogP contribution in [0, 0.1) is 0 Å². The molecule has 9 heteroatoms. The predicted molar refractivity (Wildman–Crippen MR) is 95.4 cm³/mol. The van der Waals surface area contributed by atoms with Crippen molar-refractivity contribution in [2.45, 2.75) is 6.92 Å². The van der Waals surface area contributed by atoms with Crippen LogP contribution in [-0.2, 0) is 9.53 Å². The first kappa shape index (κ1) is 17.6. The molecule has 0 unspecified atom stereocenters. The molecule has 1 N–H and O–H groups in total. The summed E-state index contributed by atoms with van der Waals surface area (Å²) in [4.78, 5) is 30.7. The van der Waals surface area contributed by atoms with E-state index in [2.05, 4.69) is 25.4 Å². The third kappa shape index (κ3) is 4.24. The van der Waals surface area contributed by atoms with Gasteiger partial charge in [-0.1, -0.05) is 0 Å². The smallest absolute Gasteiger partial charge is 0.338 e. The van der Waals surface area contributed by atoms with Crippen molar-refractivity contribution in [3.05, 3.63) is 36.0 Å². The van der Waals surface area contributed by atoms with E-state index in [9.17, 15) is 9.59 Å². The number of anilines is 3. The third-order valence-electron chi connectivity index (χ3n) is 3.99. The zero-order valence-corrected chi connectivity index (χ0v) is 14.5. The molecule has 9 nitrogen and oxygen atoms in total. The number of hydrogen-bond donors (Lipinski definition) is 1. The summed E-state index contributed by atoms with van der Waals surface area (Å²) in [7, 11) is 0. The Balaban J connectivity index is 1.65. The van der Waals surface area contributed by atoms with Crippen molar-refractivity contribution in [3.8, 4) is 0 Å². The zero-order valence-electron chi connectivity index (χ0n) is 14.5. The molecule has 0 bridgehead atoms. The summed E-state index contributed by atoms with van der Waals surface area (Å²) in [5, 5.41) is 11.1. The fourth-order valence-electron chi connectivity index (χ4n) is 2.59. The van der Waals surface area contributed by atoms with E-state index in [1.165, 1.54) is 0 Å². The molecule has 136 valence electrons. The molecule has 1 aromatic carbocycles. The standard InChI is InChI=1S/C17H20N6O3/c1-2-26-16(25)13-3-5-14(6-4-13)19-17-20-15(11-18-21-17)23-9-7-22(12-24)8-10-23/h3-6,11-12H,2,7-10H2,1H3,(H,19,20,21). The highest BCUT2D eigenvalue weighted by molar-refractivity contribution is 5.89. The van der Waals surface area contributed by atoms with Gasteiger partial charge in [0.05, 0.1) is 18.4 Å². The number of piperazine rings is 1. The zero-order chi connectivity index (χ0) is 18.4. The number of carbonyl (C=O) groups excluding carboxylic acids is 2. The quantitative estimate of drug-likeness (QED) is 0.606. The van der Waals surface area contributed by atoms with Crippen LogP contribution in [0.5, 0.6) is 0 Å². The minimum atomic E-state index is -0.353. The van der Waals surface area contributed by atoms with Gasteiger partial charge in [0.15, 0.2) is 5.82 Å². The normalized spacial score (nSPS) is 14.0. The van der Waals surface area contributed by atoms with E-state index in [0.29, 0.717) is 50.1 Å². The minimum absolute atomic E-state index is 0.340. The fraction of sp³-hybridized carbons (Fsp3) is 0.353. The number of benzene rings is 1. The van der Waals surface area contributed by atoms with Crippen molar-refractivity contribution in [2.24, 2.45) is 0 Å². The second-order valence-corrected chi connectivity index (χ2v) is 5.69. The maximum atomic E-state index is 11.7. The van der Waals surface area contributed by atoms with Crippen LogP contribution in [0.2, 0.25) is 0 Å². The van der Waals surface area contributed by atoms with Gasteiger partial charge in [-0.05, 0) is 31.2 Å². The van der Waals surface area contributed by atoms with Crippen molar-refractivity contribution in [2.75, 3.05) is 43.0 Å². The number of nitrogens with one attached hydrogen (secondary N) is 1. The SMILES string of the molecule is CCOC(=O)c1ccc(Nc2nncc(N3CCN(C=O)CC3)n2)cc1. The van der Waals surface area contributed by atoms with Crippen LogP contribution in [0.15, 0.2) is 30.5 Å². The number of nitrogens with zero attached hydrogens (tertiary/aromatic N) is 5. The van der Waals surface area contributed by atoms with E-state index in [1.807, 2.05) is 0 Å². The summed E-state index contributed by atoms with van der Waals surface area (Å²) in [5.74, 6) is 0.717. The highest BCUT2D eigenvalue weighted by Gasteiger charge is 2.17. The lowest BCUT2D eigenvalue weighted by molar-refractivity contribution is -0.118. The molecule has 0 saturated carbocycles. The third-order valence-corrected chi connectivity index (χ3v) is 3.99. The Labute approximate surface area is 151 Å². The average Bonchev–Trinajstić information content (AvgIpc) is 2.69. The molecule has 1 amide bonds. The molecule has 0 aliphatic carbocycles. The van der Waals surface area contributed by atoms with Crippen molar-refractivity contribution in [1.82, 2.24) is 20.1 Å². The van der Waals surface area contributed by atoms with Gasteiger partial charge in [-0.2, -0.15) is 10.1 Å². The Morgan fingerprint density at radius 2 is 1.96 bits per heavy atom. The Kier molecular flexibility index (Phi) is 5.57. The molecule has 1 fully saturated rings. The average molecular weight is 356 g/mol. The maximum Gasteiger partial charge on any atom is 0.338 e. The summed E-state index contributed by atoms with van der Waals surface area (Å²) in [6.07, 6.45) is 2.47. The Morgan fingerprint density at radius 3 is 2.62 bits per heavy atom. The first-order valence-corrected chi connectivity index (χ1v) is 8.38. The molecule has 2 heterocycles. The van der Waals surface area contributed by atoms with Gasteiger partial charge < -0.3 is 19.9 Å². The maximum absolute atomic E-state index is 11.7. The molecular weight excluding hydrogens is 336 g/mol. The molecule has 1 aliphatic rings. The largest absolute Gasteiger partial charge is 0.462 e. The number of aromatic nitrogens is 3. The fourth-order valence-corrected chi connectivity index (χ4v) is 2.59. The van der Waals surface area contributed by atoms with Crippen LogP contribution in [0.25, 0.3) is 0 Å². The number of rotatable bonds is 6. The Morgan fingerprint density at radius 1 is 1.23 bits per heavy atom. The second kappa shape index (κ2) is 8.24. The summed E-state index contributed by atoms with van der Waals surface area (Å²) in [6, 6.07) is 6.86. The van der Waals surface area contributed by atoms with E-state index in [-0.39, 0.29) is 5.97 Å². The first-order chi connectivity index (χ1) is 12.7. The number of amides is 1. The summed E-state index contributed by atoms with van der Waals surface area (Å²) < 4.78 is 4.96. The van der Waals surface area contributed by atoms with Gasteiger partial charge in [0, 0.05) is 31.9 Å². The number of carbonyl (C=O) groups is 2. The van der Waals surface area contributed by atoms with Gasteiger partial charge in [-0.15, -0.1) is 5.10 Å². The van der Waals surface area contributed by atoms with Crippen LogP contribution < -0.4 is 10.2 Å². The lowest BCUT2D eigenvalue weighted by atomic mass is 10.2. The summed E-state index contributed by atoms with van der Waals surface area (Å²) in [6.45, 7) is 4.82. The second-order valence-electron chi connectivity index (χ2n) is 5.69. The molecule has 0 atom stereocenters. The lowest BCUT2D eigenvalue weighted by Gasteiger charge is -2.33. The first-order valence-electron chi connectivity index (χ1n) is 8.38. The molecule has 3 rings (SSSR count). The van der Waals surface area contributed by atoms with Crippen LogP contribution >= 0.6 is 0 Å². The van der Waals surface area contributed by atoms with E-state index in [4.69, 9.17) is 4.74 Å². The molecule has 26 heavy (non-hydrogen) atoms. The number of esters is 1. The van der Waals surface area contributed by atoms with Gasteiger partial charge >= 0.3 is 5.97 Å². The van der Waals surface area contributed by atoms with Gasteiger partial charge in [0.2, 0.25) is 12.4 Å². The van der Waals surface area contributed by atoms with E-state index in [0.717, 1.165) is 12.1 Å². The highest BCUT2D eigenvalue weighted by atomic mass is 16.5. The van der Waals surface area contributed by atoms with E-state index >= 15 is 0 Å². The Hall–Kier alpha value is -3.23. The molecule has 2 aromatic rings. The monoisotopic (exact) mass is 356 g/mol. The van der Waals surface area contributed by atoms with Crippen molar-refractivity contribution in [1.29, 1.82) is 0 Å². The van der Waals surface area contributed by atoms with Gasteiger partial charge in [-0.3, -0.25) is 4.79 Å². The highest BCUT2D eigenvalue weighted by Crippen LogP contribution is 2.17. The van der Waals surface area contributed by atoms with E-state index in [1.54, 1.807) is 42.3 Å². The summed E-state index contributed by atoms with van der Waals surface area (Å²) in [5.41, 5.74) is 1.22. The van der Waals surface area contributed by atoms with Crippen LogP contribution in [-0.4, -0.2) is 65.2 Å². The van der Waals surface area contributed by atoms with Gasteiger partial charge in [-0.25, -0.2) is 4.79 Å². The van der Waals surface area contributed by atoms with Crippen LogP contribution in [0.4, 0.5) is 17.5 Å². The van der Waals surface area contributed by atoms with Crippen LogP contribution in [0.3, 0.4) is 0 Å². The van der Waals surface area contributed by atoms with Crippen molar-refractivity contribution in [3.63, 3.8) is 0 Å². The lowest BCUT2D eigenvalue weighted by Crippen LogP contribution is -2.46. The topological polar surface area (TPSA) is 101 Å². The van der Waals surface area contributed by atoms with Gasteiger partial charge in [0.1, 0.15) is 0 Å². The minimum Gasteiger partial charge on any atom is -0.462 e. The number of ether oxygens (including phenoxy) is 1. The van der Waals surface area contributed by atoms with Crippen LogP contribution in [0.1, 0.15) is 17.3 Å². The molecule has 1 aliphatic heterocycles. The summed E-state index contributed by atoms with van der Waals surface area (Å²) >= 11 is 0. The van der Waals surface area contributed by atoms with Crippen molar-refractivity contribution >= 4 is 29.8 Å². The Bertz CT molecular complexity index is 759. The molecule has 0 radical (unpaired) electrons. The molecule has 1 saturated heterocycles.